The SMILES string of the molecule is CC1(C)CC1Nc1ccc(C(=O)O)nc1. The number of carbonyl (C=O) groups is 1. The molecule has 1 fully saturated rings. The summed E-state index contributed by atoms with van der Waals surface area (Å²) in [6.07, 6.45) is 2.71. The molecule has 1 atom stereocenters. The second-order valence-corrected chi connectivity index (χ2v) is 4.63. The highest BCUT2D eigenvalue weighted by molar-refractivity contribution is 5.85. The van der Waals surface area contributed by atoms with Crippen molar-refractivity contribution in [3.63, 3.8) is 0 Å². The van der Waals surface area contributed by atoms with Gasteiger partial charge >= 0.3 is 5.97 Å². The molecule has 1 aliphatic carbocycles. The first-order valence-corrected chi connectivity index (χ1v) is 4.95. The molecule has 1 aliphatic rings. The van der Waals surface area contributed by atoms with Gasteiger partial charge in [-0.2, -0.15) is 0 Å². The highest BCUT2D eigenvalue weighted by Crippen LogP contribution is 2.46. The number of hydrogen-bond donors (Lipinski definition) is 2. The van der Waals surface area contributed by atoms with E-state index in [9.17, 15) is 4.79 Å². The first-order valence-electron chi connectivity index (χ1n) is 4.95. The molecule has 4 heteroatoms. The lowest BCUT2D eigenvalue weighted by atomic mass is 10.2. The van der Waals surface area contributed by atoms with E-state index in [4.69, 9.17) is 5.11 Å². The van der Waals surface area contributed by atoms with Gasteiger partial charge in [0.15, 0.2) is 0 Å². The maximum Gasteiger partial charge on any atom is 0.354 e. The van der Waals surface area contributed by atoms with Gasteiger partial charge in [0, 0.05) is 6.04 Å². The summed E-state index contributed by atoms with van der Waals surface area (Å²) < 4.78 is 0. The van der Waals surface area contributed by atoms with Crippen molar-refractivity contribution in [2.75, 3.05) is 5.32 Å². The topological polar surface area (TPSA) is 62.2 Å². The molecule has 1 unspecified atom stereocenters. The van der Waals surface area contributed by atoms with E-state index >= 15 is 0 Å². The number of carboxylic acids is 1. The van der Waals surface area contributed by atoms with Crippen molar-refractivity contribution in [3.8, 4) is 0 Å². The highest BCUT2D eigenvalue weighted by atomic mass is 16.4. The zero-order valence-electron chi connectivity index (χ0n) is 8.82. The molecule has 0 radical (unpaired) electrons. The van der Waals surface area contributed by atoms with Crippen LogP contribution < -0.4 is 5.32 Å². The van der Waals surface area contributed by atoms with Crippen LogP contribution in [0.4, 0.5) is 5.69 Å². The van der Waals surface area contributed by atoms with Crippen LogP contribution in [0.3, 0.4) is 0 Å². The van der Waals surface area contributed by atoms with E-state index in [1.54, 1.807) is 12.3 Å². The van der Waals surface area contributed by atoms with Crippen molar-refractivity contribution in [1.29, 1.82) is 0 Å². The number of rotatable bonds is 3. The van der Waals surface area contributed by atoms with Crippen LogP contribution in [-0.2, 0) is 0 Å². The van der Waals surface area contributed by atoms with Gasteiger partial charge < -0.3 is 10.4 Å². The first-order chi connectivity index (χ1) is 6.99. The number of pyridine rings is 1. The van der Waals surface area contributed by atoms with Gasteiger partial charge in [-0.05, 0) is 24.0 Å². The zero-order valence-corrected chi connectivity index (χ0v) is 8.82. The van der Waals surface area contributed by atoms with Gasteiger partial charge in [-0.25, -0.2) is 9.78 Å². The molecule has 1 aromatic rings. The van der Waals surface area contributed by atoms with Gasteiger partial charge in [-0.3, -0.25) is 0 Å². The molecule has 0 amide bonds. The van der Waals surface area contributed by atoms with Crippen molar-refractivity contribution >= 4 is 11.7 Å². The molecular formula is C11H14N2O2. The number of anilines is 1. The lowest BCUT2D eigenvalue weighted by Crippen LogP contribution is -2.09. The van der Waals surface area contributed by atoms with Gasteiger partial charge in [0.1, 0.15) is 5.69 Å². The first kappa shape index (κ1) is 9.96. The van der Waals surface area contributed by atoms with E-state index in [1.165, 1.54) is 6.07 Å². The van der Waals surface area contributed by atoms with Crippen LogP contribution in [0.25, 0.3) is 0 Å². The molecule has 15 heavy (non-hydrogen) atoms. The summed E-state index contributed by atoms with van der Waals surface area (Å²) in [5.41, 5.74) is 1.32. The second-order valence-electron chi connectivity index (χ2n) is 4.63. The summed E-state index contributed by atoms with van der Waals surface area (Å²) in [7, 11) is 0. The zero-order chi connectivity index (χ0) is 11.1. The minimum absolute atomic E-state index is 0.0793. The summed E-state index contributed by atoms with van der Waals surface area (Å²) in [6, 6.07) is 3.75. The third kappa shape index (κ3) is 2.09. The number of aromatic nitrogens is 1. The monoisotopic (exact) mass is 206 g/mol. The molecular weight excluding hydrogens is 192 g/mol. The maximum absolute atomic E-state index is 10.6. The van der Waals surface area contributed by atoms with E-state index in [-0.39, 0.29) is 5.69 Å². The second kappa shape index (κ2) is 3.22. The van der Waals surface area contributed by atoms with E-state index in [0.717, 1.165) is 12.1 Å². The fraction of sp³-hybridized carbons (Fsp3) is 0.455. The average Bonchev–Trinajstić information content (AvgIpc) is 2.74. The number of carboxylic acid groups (broad SMARTS) is 1. The molecule has 0 aliphatic heterocycles. The Balaban J connectivity index is 2.02. The van der Waals surface area contributed by atoms with Crippen LogP contribution in [0.5, 0.6) is 0 Å². The molecule has 2 rings (SSSR count). The molecule has 0 bridgehead atoms. The van der Waals surface area contributed by atoms with Crippen molar-refractivity contribution in [3.05, 3.63) is 24.0 Å². The molecule has 4 nitrogen and oxygen atoms in total. The lowest BCUT2D eigenvalue weighted by molar-refractivity contribution is 0.0690. The van der Waals surface area contributed by atoms with Crippen LogP contribution in [0, 0.1) is 5.41 Å². The predicted molar refractivity (Wildman–Crippen MR) is 57.0 cm³/mol. The van der Waals surface area contributed by atoms with Crippen LogP contribution in [-0.4, -0.2) is 22.1 Å². The van der Waals surface area contributed by atoms with Crippen molar-refractivity contribution in [2.45, 2.75) is 26.3 Å². The summed E-state index contributed by atoms with van der Waals surface area (Å²) >= 11 is 0. The number of nitrogens with one attached hydrogen (secondary N) is 1. The Kier molecular flexibility index (Phi) is 2.14. The number of aromatic carboxylic acids is 1. The Hall–Kier alpha value is -1.58. The van der Waals surface area contributed by atoms with Crippen LogP contribution in [0.1, 0.15) is 30.8 Å². The van der Waals surface area contributed by atoms with Crippen LogP contribution >= 0.6 is 0 Å². The third-order valence-electron chi connectivity index (χ3n) is 2.84. The highest BCUT2D eigenvalue weighted by Gasteiger charge is 2.45. The van der Waals surface area contributed by atoms with E-state index in [1.807, 2.05) is 0 Å². The number of hydrogen-bond acceptors (Lipinski definition) is 3. The molecule has 1 saturated carbocycles. The van der Waals surface area contributed by atoms with Gasteiger partial charge in [0.25, 0.3) is 0 Å². The van der Waals surface area contributed by atoms with E-state index in [2.05, 4.69) is 24.1 Å². The molecule has 80 valence electrons. The predicted octanol–water partition coefficient (Wildman–Crippen LogP) is 1.99. The quantitative estimate of drug-likeness (QED) is 0.793. The maximum atomic E-state index is 10.6. The lowest BCUT2D eigenvalue weighted by Gasteiger charge is -2.07. The van der Waals surface area contributed by atoms with E-state index < -0.39 is 5.97 Å². The molecule has 1 aromatic heterocycles. The van der Waals surface area contributed by atoms with Gasteiger partial charge in [0.05, 0.1) is 11.9 Å². The Morgan fingerprint density at radius 2 is 2.27 bits per heavy atom. The minimum Gasteiger partial charge on any atom is -0.477 e. The third-order valence-corrected chi connectivity index (χ3v) is 2.84. The molecule has 0 saturated heterocycles. The summed E-state index contributed by atoms with van der Waals surface area (Å²) in [5.74, 6) is -0.992. The van der Waals surface area contributed by atoms with Gasteiger partial charge in [-0.1, -0.05) is 13.8 Å². The largest absolute Gasteiger partial charge is 0.477 e. The van der Waals surface area contributed by atoms with Crippen molar-refractivity contribution < 1.29 is 9.90 Å². The fourth-order valence-electron chi connectivity index (χ4n) is 1.52. The molecule has 0 spiro atoms. The van der Waals surface area contributed by atoms with Gasteiger partial charge in [0.2, 0.25) is 0 Å². The molecule has 1 heterocycles. The fourth-order valence-corrected chi connectivity index (χ4v) is 1.52. The molecule has 0 aromatic carbocycles. The summed E-state index contributed by atoms with van der Waals surface area (Å²) in [4.78, 5) is 14.4. The summed E-state index contributed by atoms with van der Waals surface area (Å²) in [6.45, 7) is 4.40. The Labute approximate surface area is 88.3 Å². The smallest absolute Gasteiger partial charge is 0.354 e. The summed E-state index contributed by atoms with van der Waals surface area (Å²) in [5, 5.41) is 12.0. The van der Waals surface area contributed by atoms with Crippen molar-refractivity contribution in [2.24, 2.45) is 5.41 Å². The molecule has 2 N–H and O–H groups in total. The number of nitrogens with zero attached hydrogens (tertiary/aromatic N) is 1. The van der Waals surface area contributed by atoms with Gasteiger partial charge in [-0.15, -0.1) is 0 Å². The van der Waals surface area contributed by atoms with Crippen LogP contribution in [0.15, 0.2) is 18.3 Å². The Bertz CT molecular complexity index is 384. The average molecular weight is 206 g/mol. The minimum atomic E-state index is -0.992. The van der Waals surface area contributed by atoms with Crippen LogP contribution in [0.2, 0.25) is 0 Å². The van der Waals surface area contributed by atoms with E-state index in [0.29, 0.717) is 11.5 Å². The Morgan fingerprint density at radius 3 is 2.67 bits per heavy atom. The standard InChI is InChI=1S/C11H14N2O2/c1-11(2)5-9(11)13-7-3-4-8(10(14)15)12-6-7/h3-4,6,9,13H,5H2,1-2H3,(H,14,15). The van der Waals surface area contributed by atoms with Crippen molar-refractivity contribution in [1.82, 2.24) is 4.98 Å². The normalized spacial score (nSPS) is 22.1. The Morgan fingerprint density at radius 1 is 1.60 bits per heavy atom.